The third-order valence-electron chi connectivity index (χ3n) is 5.61. The van der Waals surface area contributed by atoms with E-state index in [0.717, 1.165) is 11.8 Å². The van der Waals surface area contributed by atoms with Gasteiger partial charge in [0.15, 0.2) is 0 Å². The smallest absolute Gasteiger partial charge is 0.111 e. The third kappa shape index (κ3) is 0.562. The minimum absolute atomic E-state index is 0.0997. The summed E-state index contributed by atoms with van der Waals surface area (Å²) in [5, 5.41) is 9.42. The Hall–Kier alpha value is -0.810. The molecule has 15 heavy (non-hydrogen) atoms. The fourth-order valence-corrected chi connectivity index (χ4v) is 5.26. The van der Waals surface area contributed by atoms with Crippen LogP contribution in [0.4, 0.5) is 0 Å². The second kappa shape index (κ2) is 2.15. The average Bonchev–Trinajstić information content (AvgIpc) is 2.66. The van der Waals surface area contributed by atoms with Crippen molar-refractivity contribution < 1.29 is 4.74 Å². The van der Waals surface area contributed by atoms with Crippen LogP contribution in [0.1, 0.15) is 19.3 Å². The molecule has 0 spiro atoms. The van der Waals surface area contributed by atoms with Gasteiger partial charge in [-0.15, -0.1) is 0 Å². The number of nitriles is 1. The number of fused-ring (bicyclic) bond motifs is 4. The molecular formula is C13H15NO. The highest BCUT2D eigenvalue weighted by molar-refractivity contribution is 5.52. The first-order valence-electron chi connectivity index (χ1n) is 5.97. The Balaban J connectivity index is 1.88. The maximum absolute atomic E-state index is 9.42. The Labute approximate surface area is 89.9 Å². The van der Waals surface area contributed by atoms with Gasteiger partial charge in [-0.3, -0.25) is 0 Å². The number of hydrogen-bond donors (Lipinski definition) is 0. The van der Waals surface area contributed by atoms with Crippen LogP contribution in [0, 0.1) is 40.4 Å². The minimum atomic E-state index is -0.238. The Morgan fingerprint density at radius 3 is 2.93 bits per heavy atom. The Kier molecular flexibility index (Phi) is 1.20. The van der Waals surface area contributed by atoms with E-state index < -0.39 is 0 Å². The quantitative estimate of drug-likeness (QED) is 0.609. The summed E-state index contributed by atoms with van der Waals surface area (Å²) in [5.74, 6) is 2.64. The molecule has 4 rings (SSSR count). The first-order valence-corrected chi connectivity index (χ1v) is 5.97. The molecule has 0 aromatic heterocycles. The molecule has 0 saturated heterocycles. The van der Waals surface area contributed by atoms with Crippen LogP contribution in [0.25, 0.3) is 0 Å². The molecular weight excluding hydrogens is 186 g/mol. The van der Waals surface area contributed by atoms with Gasteiger partial charge >= 0.3 is 0 Å². The Morgan fingerprint density at radius 2 is 2.20 bits per heavy atom. The van der Waals surface area contributed by atoms with Crippen LogP contribution in [0.3, 0.4) is 0 Å². The van der Waals surface area contributed by atoms with Crippen molar-refractivity contribution >= 4 is 0 Å². The van der Waals surface area contributed by atoms with Crippen molar-refractivity contribution in [2.75, 3.05) is 7.11 Å². The van der Waals surface area contributed by atoms with E-state index in [-0.39, 0.29) is 11.0 Å². The van der Waals surface area contributed by atoms with Crippen molar-refractivity contribution in [3.05, 3.63) is 12.2 Å². The van der Waals surface area contributed by atoms with E-state index in [0.29, 0.717) is 11.8 Å². The van der Waals surface area contributed by atoms with Gasteiger partial charge in [0.2, 0.25) is 0 Å². The van der Waals surface area contributed by atoms with Gasteiger partial charge in [-0.25, -0.2) is 0 Å². The van der Waals surface area contributed by atoms with Crippen molar-refractivity contribution in [3.8, 4) is 6.07 Å². The van der Waals surface area contributed by atoms with Gasteiger partial charge in [0.05, 0.1) is 6.07 Å². The largest absolute Gasteiger partial charge is 0.375 e. The van der Waals surface area contributed by atoms with E-state index in [4.69, 9.17) is 4.74 Å². The first kappa shape index (κ1) is 8.35. The molecule has 2 nitrogen and oxygen atoms in total. The molecule has 0 N–H and O–H groups in total. The van der Waals surface area contributed by atoms with Crippen LogP contribution >= 0.6 is 0 Å². The van der Waals surface area contributed by atoms with Crippen molar-refractivity contribution in [1.82, 2.24) is 0 Å². The number of nitrogens with zero attached hydrogens (tertiary/aromatic N) is 1. The normalized spacial score (nSPS) is 62.7. The van der Waals surface area contributed by atoms with Crippen LogP contribution in [0.5, 0.6) is 0 Å². The zero-order valence-electron chi connectivity index (χ0n) is 8.94. The zero-order valence-corrected chi connectivity index (χ0v) is 8.94. The molecule has 4 aliphatic carbocycles. The summed E-state index contributed by atoms with van der Waals surface area (Å²) in [5.41, 5.74) is -0.338. The summed E-state index contributed by atoms with van der Waals surface area (Å²) in [6.07, 6.45) is 8.46. The molecule has 0 aliphatic heterocycles. The monoisotopic (exact) mass is 201 g/mol. The molecule has 0 unspecified atom stereocenters. The van der Waals surface area contributed by atoms with Crippen molar-refractivity contribution in [1.29, 1.82) is 5.26 Å². The molecule has 3 fully saturated rings. The van der Waals surface area contributed by atoms with Gasteiger partial charge in [-0.2, -0.15) is 5.26 Å². The summed E-state index contributed by atoms with van der Waals surface area (Å²) in [7, 11) is 1.80. The van der Waals surface area contributed by atoms with E-state index in [2.05, 4.69) is 18.2 Å². The number of methoxy groups -OCH3 is 1. The second-order valence-corrected chi connectivity index (χ2v) is 5.60. The second-order valence-electron chi connectivity index (χ2n) is 5.60. The topological polar surface area (TPSA) is 33.0 Å². The molecule has 0 aromatic rings. The maximum Gasteiger partial charge on any atom is 0.111 e. The number of rotatable bonds is 1. The molecule has 78 valence electrons. The van der Waals surface area contributed by atoms with Gasteiger partial charge < -0.3 is 4.74 Å². The van der Waals surface area contributed by atoms with Crippen LogP contribution in [-0.2, 0) is 4.74 Å². The summed E-state index contributed by atoms with van der Waals surface area (Å²) >= 11 is 0. The fraction of sp³-hybridized carbons (Fsp3) is 0.769. The van der Waals surface area contributed by atoms with E-state index >= 15 is 0 Å². The number of ether oxygens (including phenoxy) is 1. The summed E-state index contributed by atoms with van der Waals surface area (Å²) in [6, 6.07) is 2.54. The van der Waals surface area contributed by atoms with Crippen molar-refractivity contribution in [3.63, 3.8) is 0 Å². The minimum Gasteiger partial charge on any atom is -0.375 e. The van der Waals surface area contributed by atoms with Crippen LogP contribution in [0.2, 0.25) is 0 Å². The predicted molar refractivity (Wildman–Crippen MR) is 54.7 cm³/mol. The Bertz CT molecular complexity index is 409. The molecule has 0 heterocycles. The summed E-state index contributed by atoms with van der Waals surface area (Å²) in [4.78, 5) is 0. The third-order valence-corrected chi connectivity index (χ3v) is 5.61. The maximum atomic E-state index is 9.42. The van der Waals surface area contributed by atoms with Crippen LogP contribution in [-0.4, -0.2) is 12.7 Å². The molecule has 0 bridgehead atoms. The molecule has 4 aliphatic rings. The zero-order chi connectivity index (χ0) is 10.3. The molecule has 0 radical (unpaired) electrons. The highest BCUT2D eigenvalue weighted by Gasteiger charge is 2.89. The first-order chi connectivity index (χ1) is 7.32. The fourth-order valence-electron chi connectivity index (χ4n) is 5.26. The van der Waals surface area contributed by atoms with Crippen LogP contribution < -0.4 is 0 Å². The number of hydrogen-bond acceptors (Lipinski definition) is 2. The molecule has 2 heteroatoms. The van der Waals surface area contributed by atoms with Crippen LogP contribution in [0.15, 0.2) is 12.2 Å². The SMILES string of the molecule is CO[C@]12[C@@H]3C=C[C@@]1(C#N)[C@H]2[C@@H]1CCC[C@@H]13. The molecule has 0 aromatic carbocycles. The lowest BCUT2D eigenvalue weighted by Crippen LogP contribution is -2.28. The summed E-state index contributed by atoms with van der Waals surface area (Å²) in [6.45, 7) is 0. The van der Waals surface area contributed by atoms with E-state index in [1.807, 2.05) is 0 Å². The molecule has 6 atom stereocenters. The van der Waals surface area contributed by atoms with E-state index in [9.17, 15) is 5.26 Å². The van der Waals surface area contributed by atoms with Gasteiger partial charge in [-0.1, -0.05) is 18.6 Å². The van der Waals surface area contributed by atoms with Gasteiger partial charge in [-0.05, 0) is 24.7 Å². The highest BCUT2D eigenvalue weighted by atomic mass is 16.5. The van der Waals surface area contributed by atoms with E-state index in [1.165, 1.54) is 19.3 Å². The lowest BCUT2D eigenvalue weighted by molar-refractivity contribution is 0.0272. The summed E-state index contributed by atoms with van der Waals surface area (Å²) < 4.78 is 5.81. The molecule has 0 amide bonds. The van der Waals surface area contributed by atoms with Gasteiger partial charge in [0, 0.05) is 18.9 Å². The predicted octanol–water partition coefficient (Wildman–Crippen LogP) is 2.13. The molecule has 3 saturated carbocycles. The highest BCUT2D eigenvalue weighted by Crippen LogP contribution is 2.83. The van der Waals surface area contributed by atoms with Crippen molar-refractivity contribution in [2.45, 2.75) is 24.9 Å². The van der Waals surface area contributed by atoms with E-state index in [1.54, 1.807) is 7.11 Å². The van der Waals surface area contributed by atoms with Crippen molar-refractivity contribution in [2.24, 2.45) is 29.1 Å². The van der Waals surface area contributed by atoms with Gasteiger partial charge in [0.1, 0.15) is 11.0 Å². The lowest BCUT2D eigenvalue weighted by Gasteiger charge is -2.24. The average molecular weight is 201 g/mol. The Morgan fingerprint density at radius 1 is 1.40 bits per heavy atom. The lowest BCUT2D eigenvalue weighted by atomic mass is 9.83. The standard InChI is InChI=1S/C13H15NO/c1-15-13-10-5-6-12(13,7-14)11(13)9-4-2-3-8(9)10/h5-6,8-11H,2-4H2,1H3/t8-,9+,10+,11+,12+,13-/m0/s1. The van der Waals surface area contributed by atoms with Gasteiger partial charge in [0.25, 0.3) is 0 Å².